The fourth-order valence-corrected chi connectivity index (χ4v) is 3.85. The van der Waals surface area contributed by atoms with Gasteiger partial charge in [0.25, 0.3) is 0 Å². The summed E-state index contributed by atoms with van der Waals surface area (Å²) in [5.41, 5.74) is 0.913. The molecule has 7 nitrogen and oxygen atoms in total. The van der Waals surface area contributed by atoms with E-state index in [1.807, 2.05) is 18.2 Å². The fraction of sp³-hybridized carbons (Fsp3) is 0.609. The first-order valence-electron chi connectivity index (χ1n) is 10.5. The van der Waals surface area contributed by atoms with Crippen molar-refractivity contribution in [2.45, 2.75) is 78.7 Å². The van der Waals surface area contributed by atoms with Gasteiger partial charge >= 0.3 is 18.0 Å². The number of rotatable bonds is 5. The van der Waals surface area contributed by atoms with E-state index in [0.29, 0.717) is 18.5 Å². The van der Waals surface area contributed by atoms with Gasteiger partial charge in [-0.2, -0.15) is 0 Å². The van der Waals surface area contributed by atoms with Crippen molar-refractivity contribution in [3.8, 4) is 0 Å². The zero-order valence-electron chi connectivity index (χ0n) is 19.2. The third-order valence-corrected chi connectivity index (χ3v) is 5.03. The van der Waals surface area contributed by atoms with E-state index in [1.54, 1.807) is 48.5 Å². The van der Waals surface area contributed by atoms with Crippen LogP contribution in [0.15, 0.2) is 22.7 Å². The maximum Gasteiger partial charge on any atom is 0.410 e. The van der Waals surface area contributed by atoms with Gasteiger partial charge in [0, 0.05) is 11.0 Å². The Morgan fingerprint density at radius 1 is 1.03 bits per heavy atom. The number of carbonyl (C=O) groups is 3. The number of ether oxygens (including phenoxy) is 3. The van der Waals surface area contributed by atoms with Crippen LogP contribution in [-0.2, 0) is 30.2 Å². The summed E-state index contributed by atoms with van der Waals surface area (Å²) in [5, 5.41) is 0. The van der Waals surface area contributed by atoms with Crippen LogP contribution in [0.3, 0.4) is 0 Å². The molecule has 172 valence electrons. The second-order valence-corrected chi connectivity index (χ2v) is 10.1. The second-order valence-electron chi connectivity index (χ2n) is 9.16. The molecule has 1 amide bonds. The Kier molecular flexibility index (Phi) is 8.14. The molecular formula is C23H32BrNO6. The highest BCUT2D eigenvalue weighted by molar-refractivity contribution is 9.10. The standard InChI is InChI=1S/C23H32BrNO6/c1-13(2)29-20(26)18(21(27)30-14(3)4)19-17-12-16(24)9-8-15(17)10-11-25(19)22(28)31-23(5,6)7/h8-9,12-14,18-19H,10-11H2,1-7H3/t19-/m1/s1. The first kappa shape index (κ1) is 25.2. The van der Waals surface area contributed by atoms with Crippen molar-refractivity contribution >= 4 is 34.0 Å². The molecule has 2 rings (SSSR count). The highest BCUT2D eigenvalue weighted by Gasteiger charge is 2.47. The molecule has 1 aliphatic heterocycles. The summed E-state index contributed by atoms with van der Waals surface area (Å²) in [7, 11) is 0. The summed E-state index contributed by atoms with van der Waals surface area (Å²) < 4.78 is 17.2. The highest BCUT2D eigenvalue weighted by Crippen LogP contribution is 2.39. The number of benzene rings is 1. The van der Waals surface area contributed by atoms with Crippen molar-refractivity contribution in [1.29, 1.82) is 0 Å². The first-order chi connectivity index (χ1) is 14.3. The van der Waals surface area contributed by atoms with E-state index in [1.165, 1.54) is 4.90 Å². The molecule has 0 aliphatic carbocycles. The van der Waals surface area contributed by atoms with Crippen molar-refractivity contribution in [2.75, 3.05) is 6.54 Å². The smallest absolute Gasteiger partial charge is 0.410 e. The lowest BCUT2D eigenvalue weighted by Gasteiger charge is -2.40. The van der Waals surface area contributed by atoms with Crippen molar-refractivity contribution in [1.82, 2.24) is 4.90 Å². The van der Waals surface area contributed by atoms with E-state index in [-0.39, 0.29) is 0 Å². The number of amides is 1. The molecule has 0 aromatic heterocycles. The number of esters is 2. The topological polar surface area (TPSA) is 82.1 Å². The Labute approximate surface area is 192 Å². The summed E-state index contributed by atoms with van der Waals surface area (Å²) >= 11 is 3.46. The maximum absolute atomic E-state index is 13.1. The van der Waals surface area contributed by atoms with Crippen molar-refractivity contribution in [3.63, 3.8) is 0 Å². The van der Waals surface area contributed by atoms with Crippen LogP contribution in [0.25, 0.3) is 0 Å². The zero-order chi connectivity index (χ0) is 23.5. The summed E-state index contributed by atoms with van der Waals surface area (Å²) in [6, 6.07) is 4.74. The van der Waals surface area contributed by atoms with Crippen LogP contribution in [0.4, 0.5) is 4.79 Å². The number of fused-ring (bicyclic) bond motifs is 1. The molecule has 1 aliphatic rings. The normalized spacial score (nSPS) is 16.4. The SMILES string of the molecule is CC(C)OC(=O)C(C(=O)OC(C)C)[C@H]1c2cc(Br)ccc2CCN1C(=O)OC(C)(C)C. The molecule has 1 heterocycles. The van der Waals surface area contributed by atoms with Gasteiger partial charge in [0.1, 0.15) is 5.60 Å². The maximum atomic E-state index is 13.1. The minimum Gasteiger partial charge on any atom is -0.462 e. The monoisotopic (exact) mass is 497 g/mol. The highest BCUT2D eigenvalue weighted by atomic mass is 79.9. The molecule has 0 spiro atoms. The summed E-state index contributed by atoms with van der Waals surface area (Å²) in [4.78, 5) is 40.8. The van der Waals surface area contributed by atoms with Crippen LogP contribution in [0.5, 0.6) is 0 Å². The average molecular weight is 498 g/mol. The predicted octanol–water partition coefficient (Wildman–Crippen LogP) is 4.80. The van der Waals surface area contributed by atoms with Gasteiger partial charge in [0.2, 0.25) is 0 Å². The Morgan fingerprint density at radius 2 is 1.58 bits per heavy atom. The molecule has 0 unspecified atom stereocenters. The molecule has 1 aromatic rings. The van der Waals surface area contributed by atoms with Crippen LogP contribution in [0, 0.1) is 5.92 Å². The van der Waals surface area contributed by atoms with Gasteiger partial charge in [-0.1, -0.05) is 22.0 Å². The lowest BCUT2D eigenvalue weighted by atomic mass is 9.84. The molecular weight excluding hydrogens is 466 g/mol. The van der Waals surface area contributed by atoms with Crippen LogP contribution in [0.1, 0.15) is 65.6 Å². The minimum absolute atomic E-state index is 0.300. The van der Waals surface area contributed by atoms with Gasteiger partial charge in [-0.3, -0.25) is 14.5 Å². The molecule has 0 N–H and O–H groups in total. The number of carbonyl (C=O) groups excluding carboxylic acids is 3. The number of hydrogen-bond acceptors (Lipinski definition) is 6. The van der Waals surface area contributed by atoms with Gasteiger partial charge in [-0.05, 0) is 78.1 Å². The predicted molar refractivity (Wildman–Crippen MR) is 119 cm³/mol. The van der Waals surface area contributed by atoms with Crippen LogP contribution in [0.2, 0.25) is 0 Å². The van der Waals surface area contributed by atoms with Gasteiger partial charge in [-0.15, -0.1) is 0 Å². The Balaban J connectivity index is 2.61. The van der Waals surface area contributed by atoms with E-state index in [0.717, 1.165) is 10.0 Å². The molecule has 0 bridgehead atoms. The Bertz CT molecular complexity index is 808. The van der Waals surface area contributed by atoms with Gasteiger partial charge in [0.15, 0.2) is 5.92 Å². The van der Waals surface area contributed by atoms with Crippen molar-refractivity contribution in [2.24, 2.45) is 5.92 Å². The lowest BCUT2D eigenvalue weighted by Crippen LogP contribution is -2.50. The molecule has 1 atom stereocenters. The van der Waals surface area contributed by atoms with Gasteiger partial charge in [-0.25, -0.2) is 4.79 Å². The zero-order valence-corrected chi connectivity index (χ0v) is 20.8. The molecule has 1 aromatic carbocycles. The third-order valence-electron chi connectivity index (χ3n) is 4.54. The molecule has 0 saturated heterocycles. The fourth-order valence-electron chi connectivity index (χ4n) is 3.47. The molecule has 0 radical (unpaired) electrons. The Hall–Kier alpha value is -2.09. The summed E-state index contributed by atoms with van der Waals surface area (Å²) in [5.74, 6) is -2.80. The second kappa shape index (κ2) is 10.0. The molecule has 0 saturated carbocycles. The largest absolute Gasteiger partial charge is 0.462 e. The number of nitrogens with zero attached hydrogens (tertiary/aromatic N) is 1. The molecule has 0 fully saturated rings. The molecule has 8 heteroatoms. The summed E-state index contributed by atoms with van der Waals surface area (Å²) in [6.07, 6.45) is -0.878. The van der Waals surface area contributed by atoms with E-state index in [4.69, 9.17) is 14.2 Å². The quantitative estimate of drug-likeness (QED) is 0.330. The van der Waals surface area contributed by atoms with Crippen LogP contribution in [-0.4, -0.2) is 47.3 Å². The van der Waals surface area contributed by atoms with Crippen molar-refractivity contribution in [3.05, 3.63) is 33.8 Å². The van der Waals surface area contributed by atoms with Crippen LogP contribution >= 0.6 is 15.9 Å². The van der Waals surface area contributed by atoms with E-state index in [2.05, 4.69) is 15.9 Å². The summed E-state index contributed by atoms with van der Waals surface area (Å²) in [6.45, 7) is 12.4. The average Bonchev–Trinajstić information content (AvgIpc) is 2.59. The van der Waals surface area contributed by atoms with Gasteiger partial charge in [0.05, 0.1) is 18.2 Å². The van der Waals surface area contributed by atoms with E-state index in [9.17, 15) is 14.4 Å². The third kappa shape index (κ3) is 6.69. The van der Waals surface area contributed by atoms with Crippen molar-refractivity contribution < 1.29 is 28.6 Å². The van der Waals surface area contributed by atoms with Crippen LogP contribution < -0.4 is 0 Å². The Morgan fingerprint density at radius 3 is 2.06 bits per heavy atom. The van der Waals surface area contributed by atoms with E-state index >= 15 is 0 Å². The molecule has 31 heavy (non-hydrogen) atoms. The first-order valence-corrected chi connectivity index (χ1v) is 11.3. The van der Waals surface area contributed by atoms with Gasteiger partial charge < -0.3 is 14.2 Å². The number of hydrogen-bond donors (Lipinski definition) is 0. The number of halogens is 1. The van der Waals surface area contributed by atoms with E-state index < -0.39 is 47.8 Å². The minimum atomic E-state index is -1.34. The lowest BCUT2D eigenvalue weighted by molar-refractivity contribution is -0.170.